The van der Waals surface area contributed by atoms with Crippen molar-refractivity contribution in [3.63, 3.8) is 0 Å². The molecule has 7 nitrogen and oxygen atoms in total. The number of hydrogen-bond donors (Lipinski definition) is 3. The Hall–Kier alpha value is -1.89. The first-order valence-electron chi connectivity index (χ1n) is 4.56. The van der Waals surface area contributed by atoms with Gasteiger partial charge in [-0.1, -0.05) is 5.16 Å². The number of aromatic nitrogens is 1. The van der Waals surface area contributed by atoms with Crippen molar-refractivity contribution in [3.05, 3.63) is 17.0 Å². The highest BCUT2D eigenvalue weighted by Crippen LogP contribution is 2.15. The number of carboxylic acid groups (broad SMARTS) is 2. The summed E-state index contributed by atoms with van der Waals surface area (Å²) in [5.74, 6) is -1.81. The molecule has 0 aliphatic heterocycles. The van der Waals surface area contributed by atoms with Crippen molar-refractivity contribution >= 4 is 11.9 Å². The summed E-state index contributed by atoms with van der Waals surface area (Å²) in [4.78, 5) is 21.1. The second kappa shape index (κ2) is 4.75. The fourth-order valence-corrected chi connectivity index (χ4v) is 1.29. The number of hydrogen-bond acceptors (Lipinski definition) is 5. The van der Waals surface area contributed by atoms with E-state index in [2.05, 4.69) is 5.16 Å². The minimum Gasteiger partial charge on any atom is -0.481 e. The van der Waals surface area contributed by atoms with Crippen LogP contribution in [0.3, 0.4) is 0 Å². The van der Waals surface area contributed by atoms with Crippen molar-refractivity contribution in [3.8, 4) is 0 Å². The molecule has 88 valence electrons. The summed E-state index contributed by atoms with van der Waals surface area (Å²) < 4.78 is 4.82. The van der Waals surface area contributed by atoms with Gasteiger partial charge in [0.15, 0.2) is 0 Å². The lowest BCUT2D eigenvalue weighted by Crippen LogP contribution is -2.32. The molecule has 1 atom stereocenters. The van der Waals surface area contributed by atoms with E-state index in [1.807, 2.05) is 0 Å². The standard InChI is InChI=1S/C9H12N2O5/c1-4-5(2-6(10)9(14)15)7(11-16-4)3-8(12)13/h6H,2-3,10H2,1H3,(H,12,13)(H,14,15). The normalized spacial score (nSPS) is 12.4. The Kier molecular flexibility index (Phi) is 3.62. The van der Waals surface area contributed by atoms with E-state index in [1.54, 1.807) is 6.92 Å². The van der Waals surface area contributed by atoms with E-state index in [9.17, 15) is 9.59 Å². The van der Waals surface area contributed by atoms with E-state index < -0.39 is 18.0 Å². The summed E-state index contributed by atoms with van der Waals surface area (Å²) in [6.45, 7) is 1.59. The Morgan fingerprint density at radius 1 is 1.50 bits per heavy atom. The highest BCUT2D eigenvalue weighted by molar-refractivity contribution is 5.74. The van der Waals surface area contributed by atoms with Crippen LogP contribution in [0.1, 0.15) is 17.0 Å². The molecule has 0 saturated heterocycles. The summed E-state index contributed by atoms with van der Waals surface area (Å²) in [5, 5.41) is 20.8. The number of aliphatic carboxylic acids is 2. The van der Waals surface area contributed by atoms with Crippen molar-refractivity contribution in [2.45, 2.75) is 25.8 Å². The zero-order chi connectivity index (χ0) is 12.3. The third kappa shape index (κ3) is 2.80. The molecule has 0 radical (unpaired) electrons. The molecule has 1 aromatic heterocycles. The quantitative estimate of drug-likeness (QED) is 0.623. The lowest BCUT2D eigenvalue weighted by molar-refractivity contribution is -0.138. The maximum absolute atomic E-state index is 10.6. The SMILES string of the molecule is Cc1onc(CC(=O)O)c1CC(N)C(=O)O. The molecule has 0 amide bonds. The largest absolute Gasteiger partial charge is 0.481 e. The molecule has 1 heterocycles. The van der Waals surface area contributed by atoms with Crippen LogP contribution in [-0.2, 0) is 22.4 Å². The van der Waals surface area contributed by atoms with Crippen LogP contribution in [0.2, 0.25) is 0 Å². The fourth-order valence-electron chi connectivity index (χ4n) is 1.29. The van der Waals surface area contributed by atoms with Crippen LogP contribution >= 0.6 is 0 Å². The molecule has 1 aromatic rings. The second-order valence-electron chi connectivity index (χ2n) is 3.38. The van der Waals surface area contributed by atoms with Crippen molar-refractivity contribution in [1.29, 1.82) is 0 Å². The molecular formula is C9H12N2O5. The Balaban J connectivity index is 2.89. The second-order valence-corrected chi connectivity index (χ2v) is 3.38. The van der Waals surface area contributed by atoms with Gasteiger partial charge in [-0.05, 0) is 6.92 Å². The molecule has 1 unspecified atom stereocenters. The molecule has 0 aromatic carbocycles. The van der Waals surface area contributed by atoms with E-state index in [4.69, 9.17) is 20.5 Å². The monoisotopic (exact) mass is 228 g/mol. The third-order valence-corrected chi connectivity index (χ3v) is 2.13. The fraction of sp³-hybridized carbons (Fsp3) is 0.444. The van der Waals surface area contributed by atoms with Gasteiger partial charge in [0.05, 0.1) is 12.1 Å². The van der Waals surface area contributed by atoms with Crippen LogP contribution in [0.25, 0.3) is 0 Å². The van der Waals surface area contributed by atoms with Crippen molar-refractivity contribution in [2.24, 2.45) is 5.73 Å². The Morgan fingerprint density at radius 3 is 2.62 bits per heavy atom. The summed E-state index contributed by atoms with van der Waals surface area (Å²) in [7, 11) is 0. The minimum absolute atomic E-state index is 0.00722. The van der Waals surface area contributed by atoms with E-state index >= 15 is 0 Å². The van der Waals surface area contributed by atoms with Crippen molar-refractivity contribution < 1.29 is 24.3 Å². The summed E-state index contributed by atoms with van der Waals surface area (Å²) in [6.07, 6.45) is -0.299. The zero-order valence-electron chi connectivity index (χ0n) is 8.64. The molecule has 1 rings (SSSR count). The number of carboxylic acids is 2. The molecule has 0 saturated carbocycles. The molecule has 0 fully saturated rings. The summed E-state index contributed by atoms with van der Waals surface area (Å²) in [5.41, 5.74) is 6.04. The predicted octanol–water partition coefficient (Wildman–Crippen LogP) is -0.435. The van der Waals surface area contributed by atoms with Gasteiger partial charge in [0.2, 0.25) is 0 Å². The Labute approximate surface area is 90.8 Å². The first-order chi connectivity index (χ1) is 7.41. The van der Waals surface area contributed by atoms with Crippen LogP contribution in [0.15, 0.2) is 4.52 Å². The van der Waals surface area contributed by atoms with E-state index in [1.165, 1.54) is 0 Å². The average Bonchev–Trinajstić information content (AvgIpc) is 2.48. The first kappa shape index (κ1) is 12.2. The maximum Gasteiger partial charge on any atom is 0.320 e. The number of nitrogens with two attached hydrogens (primary N) is 1. The average molecular weight is 228 g/mol. The Morgan fingerprint density at radius 2 is 2.12 bits per heavy atom. The van der Waals surface area contributed by atoms with E-state index in [0.29, 0.717) is 11.3 Å². The number of nitrogens with zero attached hydrogens (tertiary/aromatic N) is 1. The van der Waals surface area contributed by atoms with Crippen LogP contribution in [-0.4, -0.2) is 33.4 Å². The first-order valence-corrected chi connectivity index (χ1v) is 4.56. The highest BCUT2D eigenvalue weighted by atomic mass is 16.5. The van der Waals surface area contributed by atoms with E-state index in [-0.39, 0.29) is 18.5 Å². The van der Waals surface area contributed by atoms with Gasteiger partial charge in [0.1, 0.15) is 11.8 Å². The van der Waals surface area contributed by atoms with Gasteiger partial charge in [-0.25, -0.2) is 0 Å². The van der Waals surface area contributed by atoms with Gasteiger partial charge in [0, 0.05) is 12.0 Å². The third-order valence-electron chi connectivity index (χ3n) is 2.13. The molecule has 0 bridgehead atoms. The molecule has 7 heteroatoms. The summed E-state index contributed by atoms with van der Waals surface area (Å²) >= 11 is 0. The predicted molar refractivity (Wildman–Crippen MR) is 51.9 cm³/mol. The number of rotatable bonds is 5. The molecule has 0 aliphatic carbocycles. The van der Waals surface area contributed by atoms with Gasteiger partial charge < -0.3 is 20.5 Å². The minimum atomic E-state index is -1.15. The van der Waals surface area contributed by atoms with Gasteiger partial charge in [-0.3, -0.25) is 9.59 Å². The van der Waals surface area contributed by atoms with Crippen LogP contribution < -0.4 is 5.73 Å². The van der Waals surface area contributed by atoms with E-state index in [0.717, 1.165) is 0 Å². The smallest absolute Gasteiger partial charge is 0.320 e. The zero-order valence-corrected chi connectivity index (χ0v) is 8.64. The molecular weight excluding hydrogens is 216 g/mol. The van der Waals surface area contributed by atoms with Crippen LogP contribution in [0, 0.1) is 6.92 Å². The number of aryl methyl sites for hydroxylation is 1. The van der Waals surface area contributed by atoms with Crippen molar-refractivity contribution in [1.82, 2.24) is 5.16 Å². The maximum atomic E-state index is 10.6. The van der Waals surface area contributed by atoms with Gasteiger partial charge in [-0.2, -0.15) is 0 Å². The highest BCUT2D eigenvalue weighted by Gasteiger charge is 2.21. The molecule has 0 aliphatic rings. The molecule has 4 N–H and O–H groups in total. The summed E-state index contributed by atoms with van der Waals surface area (Å²) in [6, 6.07) is -1.09. The van der Waals surface area contributed by atoms with Crippen LogP contribution in [0.4, 0.5) is 0 Å². The number of carbonyl (C=O) groups is 2. The lowest BCUT2D eigenvalue weighted by Gasteiger charge is -2.05. The molecule has 0 spiro atoms. The van der Waals surface area contributed by atoms with Gasteiger partial charge in [0.25, 0.3) is 0 Å². The molecule has 16 heavy (non-hydrogen) atoms. The van der Waals surface area contributed by atoms with Gasteiger partial charge in [-0.15, -0.1) is 0 Å². The topological polar surface area (TPSA) is 127 Å². The Bertz CT molecular complexity index is 412. The van der Waals surface area contributed by atoms with Crippen LogP contribution in [0.5, 0.6) is 0 Å². The van der Waals surface area contributed by atoms with Gasteiger partial charge >= 0.3 is 11.9 Å². The lowest BCUT2D eigenvalue weighted by atomic mass is 10.0. The van der Waals surface area contributed by atoms with Crippen molar-refractivity contribution in [2.75, 3.05) is 0 Å².